The van der Waals surface area contributed by atoms with Gasteiger partial charge in [-0.3, -0.25) is 14.4 Å². The molecule has 0 radical (unpaired) electrons. The number of imide groups is 1. The van der Waals surface area contributed by atoms with Gasteiger partial charge >= 0.3 is 0 Å². The lowest BCUT2D eigenvalue weighted by Gasteiger charge is -2.16. The third-order valence-corrected chi connectivity index (χ3v) is 5.46. The Morgan fingerprint density at radius 3 is 2.50 bits per heavy atom. The third-order valence-electron chi connectivity index (χ3n) is 4.58. The molecule has 2 N–H and O–H groups in total. The molecule has 0 unspecified atom stereocenters. The molecule has 0 fully saturated rings. The molecule has 3 aromatic rings. The van der Waals surface area contributed by atoms with E-state index < -0.39 is 11.8 Å². The highest BCUT2D eigenvalue weighted by Crippen LogP contribution is 2.35. The Hall–Kier alpha value is -3.26. The second-order valence-electron chi connectivity index (χ2n) is 6.70. The van der Waals surface area contributed by atoms with Crippen LogP contribution in [0.4, 0.5) is 11.4 Å². The molecule has 1 aliphatic rings. The Morgan fingerprint density at radius 2 is 1.78 bits per heavy atom. The first-order valence-corrected chi connectivity index (χ1v) is 10.4. The maximum absolute atomic E-state index is 12.9. The molecule has 1 aromatic heterocycles. The number of hydrogen-bond donors (Lipinski definition) is 2. The number of hydrogen-bond acceptors (Lipinski definition) is 5. The maximum Gasteiger partial charge on any atom is 0.283 e. The van der Waals surface area contributed by atoms with Crippen molar-refractivity contribution in [3.05, 3.63) is 93.0 Å². The highest BCUT2D eigenvalue weighted by molar-refractivity contribution is 6.53. The molecule has 10 heteroatoms. The van der Waals surface area contributed by atoms with Crippen LogP contribution < -0.4 is 15.5 Å². The van der Waals surface area contributed by atoms with Crippen molar-refractivity contribution in [1.29, 1.82) is 0 Å². The van der Waals surface area contributed by atoms with Crippen molar-refractivity contribution in [2.75, 3.05) is 10.2 Å². The van der Waals surface area contributed by atoms with E-state index in [1.165, 1.54) is 30.5 Å². The summed E-state index contributed by atoms with van der Waals surface area (Å²) in [6.45, 7) is 0.226. The van der Waals surface area contributed by atoms with Crippen LogP contribution in [0.1, 0.15) is 16.1 Å². The van der Waals surface area contributed by atoms with Crippen LogP contribution in [0.25, 0.3) is 0 Å². The highest BCUT2D eigenvalue weighted by Gasteiger charge is 2.39. The predicted molar refractivity (Wildman–Crippen MR) is 122 cm³/mol. The molecule has 0 spiro atoms. The Balaban J connectivity index is 1.52. The van der Waals surface area contributed by atoms with Gasteiger partial charge < -0.3 is 15.1 Å². The third kappa shape index (κ3) is 4.36. The SMILES string of the molecule is O=C(NCc1ccco1)c1cccc(NC2=C(Cl)C(=O)N(c3ccc(Cl)cc3Cl)C2=O)c1. The Labute approximate surface area is 197 Å². The summed E-state index contributed by atoms with van der Waals surface area (Å²) >= 11 is 18.2. The van der Waals surface area contributed by atoms with E-state index in [-0.39, 0.29) is 33.9 Å². The second kappa shape index (κ2) is 9.08. The lowest BCUT2D eigenvalue weighted by atomic mass is 10.2. The lowest BCUT2D eigenvalue weighted by Crippen LogP contribution is -2.32. The van der Waals surface area contributed by atoms with E-state index in [0.29, 0.717) is 22.0 Å². The minimum atomic E-state index is -0.726. The fourth-order valence-electron chi connectivity index (χ4n) is 3.06. The number of anilines is 2. The number of nitrogens with zero attached hydrogens (tertiary/aromatic N) is 1. The minimum Gasteiger partial charge on any atom is -0.467 e. The summed E-state index contributed by atoms with van der Waals surface area (Å²) in [6, 6.07) is 14.3. The van der Waals surface area contributed by atoms with Crippen molar-refractivity contribution in [3.63, 3.8) is 0 Å². The van der Waals surface area contributed by atoms with E-state index in [4.69, 9.17) is 39.2 Å². The molecule has 0 saturated carbocycles. The van der Waals surface area contributed by atoms with Crippen LogP contribution >= 0.6 is 34.8 Å². The first kappa shape index (κ1) is 22.0. The molecule has 0 bridgehead atoms. The summed E-state index contributed by atoms with van der Waals surface area (Å²) in [7, 11) is 0. The average Bonchev–Trinajstić information content (AvgIpc) is 3.36. The topological polar surface area (TPSA) is 91.7 Å². The fourth-order valence-corrected chi connectivity index (χ4v) is 3.76. The van der Waals surface area contributed by atoms with Gasteiger partial charge in [0, 0.05) is 16.3 Å². The highest BCUT2D eigenvalue weighted by atomic mass is 35.5. The normalized spacial score (nSPS) is 13.7. The van der Waals surface area contributed by atoms with E-state index in [9.17, 15) is 14.4 Å². The fraction of sp³-hybridized carbons (Fsp3) is 0.0455. The Bertz CT molecular complexity index is 1260. The van der Waals surface area contributed by atoms with Gasteiger partial charge in [-0.2, -0.15) is 0 Å². The first-order valence-electron chi connectivity index (χ1n) is 9.26. The van der Waals surface area contributed by atoms with Crippen molar-refractivity contribution in [2.45, 2.75) is 6.54 Å². The molecule has 7 nitrogen and oxygen atoms in total. The first-order chi connectivity index (χ1) is 15.3. The molecular weight excluding hydrogens is 477 g/mol. The standard InChI is InChI=1S/C22H14Cl3N3O4/c23-13-6-7-17(16(24)10-13)28-21(30)18(25)19(22(28)31)27-14-4-1-3-12(9-14)20(29)26-11-15-5-2-8-32-15/h1-10,27H,11H2,(H,26,29). The zero-order chi connectivity index (χ0) is 22.8. The summed E-state index contributed by atoms with van der Waals surface area (Å²) in [5.74, 6) is -1.14. The van der Waals surface area contributed by atoms with Gasteiger partial charge in [0.05, 0.1) is 23.5 Å². The van der Waals surface area contributed by atoms with Crippen LogP contribution in [0.5, 0.6) is 0 Å². The van der Waals surface area contributed by atoms with Crippen molar-refractivity contribution in [1.82, 2.24) is 5.32 Å². The number of carbonyl (C=O) groups is 3. The van der Waals surface area contributed by atoms with Crippen molar-refractivity contribution >= 4 is 63.9 Å². The number of carbonyl (C=O) groups excluding carboxylic acids is 3. The van der Waals surface area contributed by atoms with E-state index in [2.05, 4.69) is 10.6 Å². The van der Waals surface area contributed by atoms with Crippen molar-refractivity contribution in [2.24, 2.45) is 0 Å². The number of nitrogens with one attached hydrogen (secondary N) is 2. The summed E-state index contributed by atoms with van der Waals surface area (Å²) in [5.41, 5.74) is 0.768. The molecule has 1 aliphatic heterocycles. The van der Waals surface area contributed by atoms with Crippen LogP contribution in [-0.2, 0) is 16.1 Å². The van der Waals surface area contributed by atoms with Gasteiger partial charge in [0.25, 0.3) is 17.7 Å². The van der Waals surface area contributed by atoms with E-state index >= 15 is 0 Å². The zero-order valence-corrected chi connectivity index (χ0v) is 18.5. The number of halogens is 3. The van der Waals surface area contributed by atoms with E-state index in [0.717, 1.165) is 4.90 Å². The minimum absolute atomic E-state index is 0.125. The van der Waals surface area contributed by atoms with Gasteiger partial charge in [-0.15, -0.1) is 0 Å². The van der Waals surface area contributed by atoms with Crippen LogP contribution in [-0.4, -0.2) is 17.7 Å². The second-order valence-corrected chi connectivity index (χ2v) is 7.92. The Kier molecular flexibility index (Phi) is 6.23. The van der Waals surface area contributed by atoms with Gasteiger partial charge in [-0.25, -0.2) is 4.90 Å². The zero-order valence-electron chi connectivity index (χ0n) is 16.2. The van der Waals surface area contributed by atoms with E-state index in [1.54, 1.807) is 30.3 Å². The number of amides is 3. The van der Waals surface area contributed by atoms with Gasteiger partial charge in [0.2, 0.25) is 0 Å². The van der Waals surface area contributed by atoms with Gasteiger partial charge in [-0.05, 0) is 48.5 Å². The molecule has 162 valence electrons. The largest absolute Gasteiger partial charge is 0.467 e. The summed E-state index contributed by atoms with van der Waals surface area (Å²) < 4.78 is 5.19. The molecule has 2 aromatic carbocycles. The van der Waals surface area contributed by atoms with Crippen LogP contribution in [0, 0.1) is 0 Å². The molecule has 0 atom stereocenters. The molecule has 0 saturated heterocycles. The Morgan fingerprint density at radius 1 is 0.969 bits per heavy atom. The number of benzene rings is 2. The molecule has 2 heterocycles. The number of rotatable bonds is 6. The molecular formula is C22H14Cl3N3O4. The van der Waals surface area contributed by atoms with Crippen LogP contribution in [0.15, 0.2) is 76.0 Å². The van der Waals surface area contributed by atoms with Gasteiger partial charge in [0.1, 0.15) is 16.5 Å². The monoisotopic (exact) mass is 489 g/mol. The van der Waals surface area contributed by atoms with E-state index in [1.807, 2.05) is 0 Å². The van der Waals surface area contributed by atoms with Gasteiger partial charge in [0.15, 0.2) is 0 Å². The lowest BCUT2D eigenvalue weighted by molar-refractivity contribution is -0.120. The summed E-state index contributed by atoms with van der Waals surface area (Å²) in [4.78, 5) is 38.9. The van der Waals surface area contributed by atoms with Crippen molar-refractivity contribution in [3.8, 4) is 0 Å². The smallest absolute Gasteiger partial charge is 0.283 e. The quantitative estimate of drug-likeness (QED) is 0.477. The average molecular weight is 491 g/mol. The van der Waals surface area contributed by atoms with Gasteiger partial charge in [-0.1, -0.05) is 40.9 Å². The molecule has 32 heavy (non-hydrogen) atoms. The summed E-state index contributed by atoms with van der Waals surface area (Å²) in [5, 5.41) is 5.75. The molecule has 3 amide bonds. The molecule has 4 rings (SSSR count). The maximum atomic E-state index is 12.9. The summed E-state index contributed by atoms with van der Waals surface area (Å²) in [6.07, 6.45) is 1.52. The van der Waals surface area contributed by atoms with Crippen LogP contribution in [0.2, 0.25) is 10.0 Å². The van der Waals surface area contributed by atoms with Crippen molar-refractivity contribution < 1.29 is 18.8 Å². The molecule has 0 aliphatic carbocycles. The number of furan rings is 1. The predicted octanol–water partition coefficient (Wildman–Crippen LogP) is 4.95. The van der Waals surface area contributed by atoms with Crippen LogP contribution in [0.3, 0.4) is 0 Å².